The highest BCUT2D eigenvalue weighted by Gasteiger charge is 2.12. The van der Waals surface area contributed by atoms with Crippen LogP contribution >= 0.6 is 0 Å². The van der Waals surface area contributed by atoms with Gasteiger partial charge in [0.25, 0.3) is 0 Å². The molecule has 4 aromatic rings. The Bertz CT molecular complexity index is 993. The summed E-state index contributed by atoms with van der Waals surface area (Å²) >= 11 is 0. The number of hydrogen-bond donors (Lipinski definition) is 1. The summed E-state index contributed by atoms with van der Waals surface area (Å²) in [5, 5.41) is 7.35. The zero-order valence-electron chi connectivity index (χ0n) is 13.8. The van der Waals surface area contributed by atoms with E-state index in [1.54, 1.807) is 13.3 Å². The van der Waals surface area contributed by atoms with E-state index in [1.165, 1.54) is 0 Å². The minimum Gasteiger partial charge on any atom is -0.497 e. The fraction of sp³-hybridized carbons (Fsp3) is 0.0476. The van der Waals surface area contributed by atoms with Crippen LogP contribution < -0.4 is 4.74 Å². The summed E-state index contributed by atoms with van der Waals surface area (Å²) in [5.74, 6) is 0.848. The highest BCUT2D eigenvalue weighted by atomic mass is 16.5. The van der Waals surface area contributed by atoms with E-state index in [4.69, 9.17) is 4.74 Å². The molecule has 0 bridgehead atoms. The van der Waals surface area contributed by atoms with E-state index in [1.807, 2.05) is 42.6 Å². The number of hydrogen-bond acceptors (Lipinski definition) is 3. The second kappa shape index (κ2) is 6.61. The van der Waals surface area contributed by atoms with E-state index in [-0.39, 0.29) is 0 Å². The molecule has 2 aromatic heterocycles. The van der Waals surface area contributed by atoms with E-state index in [0.29, 0.717) is 0 Å². The standard InChI is InChI=1S/C21H17N3O/c1-25-18-9-5-7-16(13-18)15-6-4-8-17(12-15)19-14-23-24-21(19)20-10-2-3-11-22-20/h2-14H,1H3,(H,23,24). The van der Waals surface area contributed by atoms with Gasteiger partial charge in [-0.2, -0.15) is 5.10 Å². The molecular weight excluding hydrogens is 310 g/mol. The summed E-state index contributed by atoms with van der Waals surface area (Å²) in [5.41, 5.74) is 6.07. The molecule has 0 spiro atoms. The maximum absolute atomic E-state index is 5.33. The molecule has 2 aromatic carbocycles. The molecule has 4 rings (SSSR count). The van der Waals surface area contributed by atoms with Crippen LogP contribution in [0.3, 0.4) is 0 Å². The normalized spacial score (nSPS) is 10.6. The van der Waals surface area contributed by atoms with Crippen molar-refractivity contribution in [1.82, 2.24) is 15.2 Å². The minimum absolute atomic E-state index is 0.848. The quantitative estimate of drug-likeness (QED) is 0.585. The molecule has 0 aliphatic rings. The van der Waals surface area contributed by atoms with Crippen molar-refractivity contribution in [3.8, 4) is 39.4 Å². The van der Waals surface area contributed by atoms with Crippen LogP contribution in [0.5, 0.6) is 5.75 Å². The van der Waals surface area contributed by atoms with E-state index < -0.39 is 0 Å². The Kier molecular flexibility index (Phi) is 4.01. The molecule has 2 heterocycles. The van der Waals surface area contributed by atoms with Gasteiger partial charge in [-0.25, -0.2) is 0 Å². The first kappa shape index (κ1) is 15.1. The van der Waals surface area contributed by atoms with Crippen LogP contribution in [-0.4, -0.2) is 22.3 Å². The average Bonchev–Trinajstić information content (AvgIpc) is 3.19. The zero-order valence-corrected chi connectivity index (χ0v) is 13.8. The van der Waals surface area contributed by atoms with Gasteiger partial charge < -0.3 is 4.74 Å². The zero-order chi connectivity index (χ0) is 17.1. The second-order valence-corrected chi connectivity index (χ2v) is 5.68. The molecule has 0 radical (unpaired) electrons. The number of nitrogens with one attached hydrogen (secondary N) is 1. The highest BCUT2D eigenvalue weighted by molar-refractivity contribution is 5.81. The van der Waals surface area contributed by atoms with Crippen LogP contribution in [0, 0.1) is 0 Å². The molecule has 0 atom stereocenters. The lowest BCUT2D eigenvalue weighted by atomic mass is 9.98. The first-order chi connectivity index (χ1) is 12.3. The van der Waals surface area contributed by atoms with Crippen LogP contribution in [-0.2, 0) is 0 Å². The van der Waals surface area contributed by atoms with Crippen LogP contribution in [0.15, 0.2) is 79.1 Å². The molecule has 25 heavy (non-hydrogen) atoms. The molecular formula is C21H17N3O. The Hall–Kier alpha value is -3.40. The first-order valence-electron chi connectivity index (χ1n) is 8.05. The van der Waals surface area contributed by atoms with Gasteiger partial charge in [0, 0.05) is 18.0 Å². The van der Waals surface area contributed by atoms with E-state index in [2.05, 4.69) is 45.5 Å². The molecule has 1 N–H and O–H groups in total. The number of H-pyrrole nitrogens is 1. The predicted octanol–water partition coefficient (Wildman–Crippen LogP) is 4.81. The first-order valence-corrected chi connectivity index (χ1v) is 8.05. The smallest absolute Gasteiger partial charge is 0.119 e. The average molecular weight is 327 g/mol. The molecule has 0 fully saturated rings. The SMILES string of the molecule is COc1cccc(-c2cccc(-c3c[nH]nc3-c3ccccn3)c2)c1. The number of rotatable bonds is 4. The van der Waals surface area contributed by atoms with Crippen molar-refractivity contribution in [2.45, 2.75) is 0 Å². The number of benzene rings is 2. The lowest BCUT2D eigenvalue weighted by Gasteiger charge is -2.08. The summed E-state index contributed by atoms with van der Waals surface area (Å²) in [6, 6.07) is 22.3. The molecule has 0 aliphatic heterocycles. The van der Waals surface area contributed by atoms with Crippen molar-refractivity contribution in [3.05, 3.63) is 79.1 Å². The van der Waals surface area contributed by atoms with Gasteiger partial charge in [-0.15, -0.1) is 0 Å². The van der Waals surface area contributed by atoms with Crippen LogP contribution in [0.25, 0.3) is 33.6 Å². The molecule has 122 valence electrons. The lowest BCUT2D eigenvalue weighted by Crippen LogP contribution is -1.87. The molecule has 0 aliphatic carbocycles. The van der Waals surface area contributed by atoms with E-state index >= 15 is 0 Å². The maximum Gasteiger partial charge on any atom is 0.119 e. The van der Waals surface area contributed by atoms with Crippen molar-refractivity contribution < 1.29 is 4.74 Å². The molecule has 0 saturated heterocycles. The topological polar surface area (TPSA) is 50.8 Å². The third kappa shape index (κ3) is 3.02. The van der Waals surface area contributed by atoms with Gasteiger partial charge in [-0.05, 0) is 47.0 Å². The van der Waals surface area contributed by atoms with Crippen molar-refractivity contribution >= 4 is 0 Å². The number of nitrogens with zero attached hydrogens (tertiary/aromatic N) is 2. The van der Waals surface area contributed by atoms with Crippen molar-refractivity contribution in [2.75, 3.05) is 7.11 Å². The van der Waals surface area contributed by atoms with Gasteiger partial charge in [0.1, 0.15) is 11.4 Å². The van der Waals surface area contributed by atoms with Gasteiger partial charge in [0.2, 0.25) is 0 Å². The lowest BCUT2D eigenvalue weighted by molar-refractivity contribution is 0.415. The van der Waals surface area contributed by atoms with Gasteiger partial charge in [0.15, 0.2) is 0 Å². The third-order valence-corrected chi connectivity index (χ3v) is 4.12. The molecule has 0 amide bonds. The van der Waals surface area contributed by atoms with Gasteiger partial charge >= 0.3 is 0 Å². The van der Waals surface area contributed by atoms with Crippen LogP contribution in [0.4, 0.5) is 0 Å². The Morgan fingerprint density at radius 1 is 0.840 bits per heavy atom. The summed E-state index contributed by atoms with van der Waals surface area (Å²) in [4.78, 5) is 4.41. The van der Waals surface area contributed by atoms with Gasteiger partial charge in [0.05, 0.1) is 12.8 Å². The Morgan fingerprint density at radius 3 is 2.44 bits per heavy atom. The molecule has 4 heteroatoms. The third-order valence-electron chi connectivity index (χ3n) is 4.12. The number of methoxy groups -OCH3 is 1. The van der Waals surface area contributed by atoms with Crippen molar-refractivity contribution in [3.63, 3.8) is 0 Å². The number of aromatic nitrogens is 3. The summed E-state index contributed by atoms with van der Waals surface area (Å²) in [6.45, 7) is 0. The van der Waals surface area contributed by atoms with Crippen LogP contribution in [0.1, 0.15) is 0 Å². The van der Waals surface area contributed by atoms with E-state index in [9.17, 15) is 0 Å². The van der Waals surface area contributed by atoms with Crippen molar-refractivity contribution in [2.24, 2.45) is 0 Å². The minimum atomic E-state index is 0.848. The second-order valence-electron chi connectivity index (χ2n) is 5.68. The summed E-state index contributed by atoms with van der Waals surface area (Å²) in [6.07, 6.45) is 3.69. The number of aromatic amines is 1. The summed E-state index contributed by atoms with van der Waals surface area (Å²) in [7, 11) is 1.68. The fourth-order valence-corrected chi connectivity index (χ4v) is 2.88. The highest BCUT2D eigenvalue weighted by Crippen LogP contribution is 2.32. The molecule has 4 nitrogen and oxygen atoms in total. The largest absolute Gasteiger partial charge is 0.497 e. The van der Waals surface area contributed by atoms with Gasteiger partial charge in [-0.1, -0.05) is 36.4 Å². The van der Waals surface area contributed by atoms with Gasteiger partial charge in [-0.3, -0.25) is 10.1 Å². The fourth-order valence-electron chi connectivity index (χ4n) is 2.88. The molecule has 0 unspecified atom stereocenters. The monoisotopic (exact) mass is 327 g/mol. The van der Waals surface area contributed by atoms with Crippen molar-refractivity contribution in [1.29, 1.82) is 0 Å². The maximum atomic E-state index is 5.33. The Labute approximate surface area is 146 Å². The van der Waals surface area contributed by atoms with Crippen LogP contribution in [0.2, 0.25) is 0 Å². The number of ether oxygens (including phenoxy) is 1. The predicted molar refractivity (Wildman–Crippen MR) is 99.2 cm³/mol. The molecule has 0 saturated carbocycles. The number of pyridine rings is 1. The Morgan fingerprint density at radius 2 is 1.64 bits per heavy atom. The van der Waals surface area contributed by atoms with E-state index in [0.717, 1.165) is 39.4 Å². The summed E-state index contributed by atoms with van der Waals surface area (Å²) < 4.78 is 5.33. The Balaban J connectivity index is 1.77.